The Kier molecular flexibility index (Phi) is 5.71. The Bertz CT molecular complexity index is 1200. The molecule has 0 radical (unpaired) electrons. The molecule has 5 rings (SSSR count). The number of ether oxygens (including phenoxy) is 1. The van der Waals surface area contributed by atoms with Crippen molar-refractivity contribution < 1.29 is 22.8 Å². The first-order valence-electron chi connectivity index (χ1n) is 11.3. The van der Waals surface area contributed by atoms with Crippen LogP contribution in [0.5, 0.6) is 5.75 Å². The van der Waals surface area contributed by atoms with Crippen molar-refractivity contribution >= 4 is 33.5 Å². The van der Waals surface area contributed by atoms with E-state index in [0.29, 0.717) is 48.1 Å². The Morgan fingerprint density at radius 1 is 1.21 bits per heavy atom. The van der Waals surface area contributed by atoms with Crippen molar-refractivity contribution in [3.05, 3.63) is 40.1 Å². The first-order chi connectivity index (χ1) is 15.7. The van der Waals surface area contributed by atoms with Crippen molar-refractivity contribution in [2.45, 2.75) is 68.6 Å². The van der Waals surface area contributed by atoms with E-state index in [4.69, 9.17) is 20.9 Å². The summed E-state index contributed by atoms with van der Waals surface area (Å²) in [6, 6.07) is 4.19. The zero-order valence-corrected chi connectivity index (χ0v) is 20.2. The summed E-state index contributed by atoms with van der Waals surface area (Å²) in [4.78, 5) is 0.190. The van der Waals surface area contributed by atoms with Gasteiger partial charge in [0.25, 0.3) is 0 Å². The van der Waals surface area contributed by atoms with Crippen LogP contribution in [0.3, 0.4) is 0 Å². The van der Waals surface area contributed by atoms with Crippen molar-refractivity contribution in [1.29, 1.82) is 0 Å². The highest BCUT2D eigenvalue weighted by Gasteiger charge is 2.44. The van der Waals surface area contributed by atoms with Gasteiger partial charge in [-0.2, -0.15) is 4.31 Å². The van der Waals surface area contributed by atoms with Crippen LogP contribution in [0, 0.1) is 0 Å². The standard InChI is InChI=1S/C23H28ClN3O5S/c1-23(2)21(28)20(25-22-17-12-14(24)6-8-19(17)32-26-22)16-13-15(7-9-18(16)31-23)33(29,30)27-10-4-3-5-11-27/h7,9,12-13,20-21,28H,3-6,8,10-11H2,1-2H3,(H,25,26)/t20-,21+/m1/s1. The number of piperidine rings is 1. The maximum atomic E-state index is 13.3. The number of allylic oxidation sites excluding steroid dienone is 1. The van der Waals surface area contributed by atoms with Crippen molar-refractivity contribution in [3.8, 4) is 5.75 Å². The number of rotatable bonds is 4. The van der Waals surface area contributed by atoms with E-state index in [9.17, 15) is 13.5 Å². The third kappa shape index (κ3) is 4.05. The van der Waals surface area contributed by atoms with Crippen molar-refractivity contribution in [3.63, 3.8) is 0 Å². The van der Waals surface area contributed by atoms with Crippen LogP contribution in [0.1, 0.15) is 62.5 Å². The summed E-state index contributed by atoms with van der Waals surface area (Å²) in [5, 5.41) is 19.3. The molecule has 1 aromatic heterocycles. The minimum atomic E-state index is -3.64. The average molecular weight is 494 g/mol. The third-order valence-electron chi connectivity index (χ3n) is 6.66. The fourth-order valence-corrected chi connectivity index (χ4v) is 6.48. The number of benzene rings is 1. The van der Waals surface area contributed by atoms with Gasteiger partial charge in [-0.1, -0.05) is 23.2 Å². The van der Waals surface area contributed by atoms with Crippen LogP contribution in [0.15, 0.2) is 32.6 Å². The predicted molar refractivity (Wildman–Crippen MR) is 125 cm³/mol. The Labute approximate surface area is 198 Å². The van der Waals surface area contributed by atoms with Gasteiger partial charge in [-0.25, -0.2) is 8.42 Å². The predicted octanol–water partition coefficient (Wildman–Crippen LogP) is 4.06. The third-order valence-corrected chi connectivity index (χ3v) is 8.85. The number of aromatic nitrogens is 1. The lowest BCUT2D eigenvalue weighted by atomic mass is 9.86. The molecule has 1 saturated heterocycles. The topological polar surface area (TPSA) is 105 Å². The van der Waals surface area contributed by atoms with Gasteiger partial charge in [-0.3, -0.25) is 0 Å². The van der Waals surface area contributed by atoms with Crippen LogP contribution in [0.25, 0.3) is 6.08 Å². The summed E-state index contributed by atoms with van der Waals surface area (Å²) < 4.78 is 39.6. The Hall–Kier alpha value is -2.07. The van der Waals surface area contributed by atoms with Gasteiger partial charge in [-0.15, -0.1) is 0 Å². The van der Waals surface area contributed by atoms with Gasteiger partial charge >= 0.3 is 0 Å². The SMILES string of the molecule is CC1(C)Oc2ccc(S(=O)(=O)N3CCCCC3)cc2[C@@H](Nc2noc3c2C=C(Cl)CC3)[C@@H]1O. The molecule has 3 aliphatic rings. The molecule has 8 nitrogen and oxygen atoms in total. The number of anilines is 1. The molecule has 1 aromatic carbocycles. The molecule has 1 aliphatic carbocycles. The number of hydrogen-bond donors (Lipinski definition) is 2. The molecule has 178 valence electrons. The lowest BCUT2D eigenvalue weighted by Gasteiger charge is -2.42. The number of nitrogens with one attached hydrogen (secondary N) is 1. The number of aryl methyl sites for hydroxylation is 1. The molecule has 0 amide bonds. The lowest BCUT2D eigenvalue weighted by Crippen LogP contribution is -2.50. The zero-order chi connectivity index (χ0) is 23.4. The highest BCUT2D eigenvalue weighted by Crippen LogP contribution is 2.43. The smallest absolute Gasteiger partial charge is 0.243 e. The first kappa shape index (κ1) is 22.7. The van der Waals surface area contributed by atoms with Crippen LogP contribution >= 0.6 is 11.6 Å². The van der Waals surface area contributed by atoms with Gasteiger partial charge in [0.1, 0.15) is 23.2 Å². The van der Waals surface area contributed by atoms with Crippen molar-refractivity contribution in [1.82, 2.24) is 9.46 Å². The highest BCUT2D eigenvalue weighted by atomic mass is 35.5. The first-order valence-corrected chi connectivity index (χ1v) is 13.1. The molecule has 0 saturated carbocycles. The molecule has 2 aromatic rings. The largest absolute Gasteiger partial charge is 0.485 e. The quantitative estimate of drug-likeness (QED) is 0.661. The number of sulfonamides is 1. The Balaban J connectivity index is 1.54. The lowest BCUT2D eigenvalue weighted by molar-refractivity contribution is -0.0534. The van der Waals surface area contributed by atoms with Gasteiger partial charge in [0.15, 0.2) is 5.82 Å². The van der Waals surface area contributed by atoms with Crippen molar-refractivity contribution in [2.24, 2.45) is 0 Å². The van der Waals surface area contributed by atoms with E-state index < -0.39 is 27.8 Å². The number of fused-ring (bicyclic) bond motifs is 2. The molecule has 2 aliphatic heterocycles. The second-order valence-electron chi connectivity index (χ2n) is 9.40. The number of nitrogens with zero attached hydrogens (tertiary/aromatic N) is 2. The van der Waals surface area contributed by atoms with Crippen molar-refractivity contribution in [2.75, 3.05) is 18.4 Å². The summed E-state index contributed by atoms with van der Waals surface area (Å²) in [7, 11) is -3.64. The molecule has 0 bridgehead atoms. The normalized spacial score (nSPS) is 24.9. The summed E-state index contributed by atoms with van der Waals surface area (Å²) in [5.74, 6) is 1.70. The second-order valence-corrected chi connectivity index (χ2v) is 11.8. The van der Waals surface area contributed by atoms with E-state index in [0.717, 1.165) is 30.6 Å². The van der Waals surface area contributed by atoms with Gasteiger partial charge < -0.3 is 19.7 Å². The molecule has 0 spiro atoms. The second kappa shape index (κ2) is 8.30. The molecule has 2 N–H and O–H groups in total. The molecule has 33 heavy (non-hydrogen) atoms. The summed E-state index contributed by atoms with van der Waals surface area (Å²) in [6.07, 6.45) is 4.93. The van der Waals surface area contributed by atoms with E-state index in [1.807, 2.05) is 6.08 Å². The Morgan fingerprint density at radius 3 is 2.73 bits per heavy atom. The van der Waals surface area contributed by atoms with Crippen LogP contribution in [0.4, 0.5) is 5.82 Å². The molecule has 2 atom stereocenters. The average Bonchev–Trinajstić information content (AvgIpc) is 3.18. The molecule has 10 heteroatoms. The fraction of sp³-hybridized carbons (Fsp3) is 0.522. The molecule has 1 fully saturated rings. The van der Waals surface area contributed by atoms with Gasteiger partial charge in [0.05, 0.1) is 16.5 Å². The van der Waals surface area contributed by atoms with Crippen LogP contribution < -0.4 is 10.1 Å². The van der Waals surface area contributed by atoms with E-state index in [1.54, 1.807) is 32.0 Å². The minimum absolute atomic E-state index is 0.190. The molecule has 3 heterocycles. The van der Waals surface area contributed by atoms with Gasteiger partial charge in [-0.05, 0) is 57.4 Å². The van der Waals surface area contributed by atoms with E-state index in [1.165, 1.54) is 4.31 Å². The molecular formula is C23H28ClN3O5S. The number of aliphatic hydroxyl groups is 1. The van der Waals surface area contributed by atoms with Crippen LogP contribution in [-0.4, -0.2) is 47.8 Å². The zero-order valence-electron chi connectivity index (χ0n) is 18.7. The number of hydrogen-bond acceptors (Lipinski definition) is 7. The van der Waals surface area contributed by atoms with Gasteiger partial charge in [0.2, 0.25) is 10.0 Å². The monoisotopic (exact) mass is 493 g/mol. The minimum Gasteiger partial charge on any atom is -0.485 e. The number of halogens is 1. The van der Waals surface area contributed by atoms with E-state index in [-0.39, 0.29) is 4.90 Å². The molecular weight excluding hydrogens is 466 g/mol. The number of aliphatic hydroxyl groups excluding tert-OH is 1. The van der Waals surface area contributed by atoms with E-state index >= 15 is 0 Å². The summed E-state index contributed by atoms with van der Waals surface area (Å²) >= 11 is 6.24. The van der Waals surface area contributed by atoms with Gasteiger partial charge in [0, 0.05) is 30.1 Å². The molecule has 0 unspecified atom stereocenters. The fourth-order valence-electron chi connectivity index (χ4n) is 4.72. The van der Waals surface area contributed by atoms with Crippen LogP contribution in [0.2, 0.25) is 0 Å². The summed E-state index contributed by atoms with van der Waals surface area (Å²) in [6.45, 7) is 4.63. The summed E-state index contributed by atoms with van der Waals surface area (Å²) in [5.41, 5.74) is 0.402. The maximum absolute atomic E-state index is 13.3. The Morgan fingerprint density at radius 2 is 1.97 bits per heavy atom. The van der Waals surface area contributed by atoms with Crippen LogP contribution in [-0.2, 0) is 16.4 Å². The maximum Gasteiger partial charge on any atom is 0.243 e. The highest BCUT2D eigenvalue weighted by molar-refractivity contribution is 7.89. The van der Waals surface area contributed by atoms with E-state index in [2.05, 4.69) is 10.5 Å².